The van der Waals surface area contributed by atoms with E-state index in [-0.39, 0.29) is 0 Å². The summed E-state index contributed by atoms with van der Waals surface area (Å²) >= 11 is 0. The molecule has 1 fully saturated rings. The molecule has 0 radical (unpaired) electrons. The Morgan fingerprint density at radius 2 is 2.40 bits per heavy atom. The van der Waals surface area contributed by atoms with Crippen molar-refractivity contribution in [2.24, 2.45) is 5.92 Å². The van der Waals surface area contributed by atoms with Crippen LogP contribution in [0.2, 0.25) is 0 Å². The van der Waals surface area contributed by atoms with Crippen LogP contribution in [0.15, 0.2) is 12.2 Å². The smallest absolute Gasteiger partial charge is 0.0536 e. The first-order valence-corrected chi connectivity index (χ1v) is 5.18. The fraction of sp³-hybridized carbons (Fsp3) is 0.750. The molecule has 2 bridgehead atoms. The van der Waals surface area contributed by atoms with Crippen LogP contribution in [0.25, 0.3) is 0 Å². The lowest BCUT2D eigenvalue weighted by atomic mass is 10.0. The Bertz CT molecular complexity index is 197. The van der Waals surface area contributed by atoms with Gasteiger partial charge in [0, 0.05) is 16.0 Å². The summed E-state index contributed by atoms with van der Waals surface area (Å²) in [5.41, 5.74) is 0. The molecule has 10 heavy (non-hydrogen) atoms. The van der Waals surface area contributed by atoms with E-state index in [4.69, 9.17) is 0 Å². The minimum atomic E-state index is -0.535. The quantitative estimate of drug-likeness (QED) is 0.525. The second kappa shape index (κ2) is 2.19. The van der Waals surface area contributed by atoms with Gasteiger partial charge in [-0.05, 0) is 18.8 Å². The molecule has 4 atom stereocenters. The molecular formula is C8H12OS. The Balaban J connectivity index is 2.26. The predicted octanol–water partition coefficient (Wildman–Crippen LogP) is 1.47. The number of rotatable bonds is 1. The van der Waals surface area contributed by atoms with Gasteiger partial charge < -0.3 is 0 Å². The largest absolute Gasteiger partial charge is 0.259 e. The summed E-state index contributed by atoms with van der Waals surface area (Å²) in [4.78, 5) is 0. The fourth-order valence-electron chi connectivity index (χ4n) is 2.00. The molecule has 0 aromatic carbocycles. The van der Waals surface area contributed by atoms with Crippen LogP contribution >= 0.6 is 0 Å². The van der Waals surface area contributed by atoms with E-state index in [2.05, 4.69) is 19.1 Å². The first-order valence-electron chi connectivity index (χ1n) is 3.90. The van der Waals surface area contributed by atoms with Crippen LogP contribution in [0.5, 0.6) is 0 Å². The van der Waals surface area contributed by atoms with Crippen molar-refractivity contribution in [1.82, 2.24) is 0 Å². The summed E-state index contributed by atoms with van der Waals surface area (Å²) in [6, 6.07) is 0. The second-order valence-electron chi connectivity index (χ2n) is 3.10. The lowest BCUT2D eigenvalue weighted by molar-refractivity contribution is 0.609. The molecule has 0 N–H and O–H groups in total. The SMILES string of the molecule is CCC1[C@H]2C=C[C@H](C2)S1=O. The summed E-state index contributed by atoms with van der Waals surface area (Å²) in [6.07, 6.45) is 6.62. The molecule has 0 aromatic rings. The molecule has 2 unspecified atom stereocenters. The van der Waals surface area contributed by atoms with Crippen molar-refractivity contribution in [3.63, 3.8) is 0 Å². The van der Waals surface area contributed by atoms with E-state index in [1.165, 1.54) is 0 Å². The van der Waals surface area contributed by atoms with Crippen molar-refractivity contribution in [2.75, 3.05) is 0 Å². The number of hydrogen-bond acceptors (Lipinski definition) is 1. The Morgan fingerprint density at radius 1 is 1.60 bits per heavy atom. The zero-order valence-corrected chi connectivity index (χ0v) is 6.93. The van der Waals surface area contributed by atoms with Gasteiger partial charge in [0.15, 0.2) is 0 Å². The molecule has 2 rings (SSSR count). The van der Waals surface area contributed by atoms with E-state index in [1.807, 2.05) is 0 Å². The molecule has 0 saturated carbocycles. The Morgan fingerprint density at radius 3 is 2.80 bits per heavy atom. The zero-order valence-electron chi connectivity index (χ0n) is 6.12. The highest BCUT2D eigenvalue weighted by molar-refractivity contribution is 7.86. The lowest BCUT2D eigenvalue weighted by Crippen LogP contribution is -2.19. The number of allylic oxidation sites excluding steroid dienone is 1. The molecule has 0 aromatic heterocycles. The summed E-state index contributed by atoms with van der Waals surface area (Å²) in [7, 11) is -0.535. The fourth-order valence-corrected chi connectivity index (χ4v) is 3.99. The van der Waals surface area contributed by atoms with Crippen molar-refractivity contribution in [3.05, 3.63) is 12.2 Å². The van der Waals surface area contributed by atoms with E-state index in [1.54, 1.807) is 0 Å². The van der Waals surface area contributed by atoms with E-state index in [9.17, 15) is 4.21 Å². The number of fused-ring (bicyclic) bond motifs is 2. The predicted molar refractivity (Wildman–Crippen MR) is 43.3 cm³/mol. The highest BCUT2D eigenvalue weighted by atomic mass is 32.2. The van der Waals surface area contributed by atoms with Crippen molar-refractivity contribution >= 4 is 10.8 Å². The van der Waals surface area contributed by atoms with Gasteiger partial charge in [-0.3, -0.25) is 4.21 Å². The molecule has 1 aliphatic carbocycles. The zero-order chi connectivity index (χ0) is 7.14. The maximum absolute atomic E-state index is 11.5. The van der Waals surface area contributed by atoms with Crippen LogP contribution in [0.1, 0.15) is 19.8 Å². The molecule has 2 heteroatoms. The van der Waals surface area contributed by atoms with Crippen molar-refractivity contribution in [3.8, 4) is 0 Å². The molecule has 0 spiro atoms. The van der Waals surface area contributed by atoms with Gasteiger partial charge >= 0.3 is 0 Å². The molecule has 0 amide bonds. The van der Waals surface area contributed by atoms with Crippen LogP contribution in [-0.4, -0.2) is 14.7 Å². The molecule has 2 aliphatic rings. The van der Waals surface area contributed by atoms with E-state index in [0.717, 1.165) is 12.8 Å². The van der Waals surface area contributed by atoms with E-state index >= 15 is 0 Å². The third-order valence-corrected chi connectivity index (χ3v) is 4.78. The van der Waals surface area contributed by atoms with Crippen molar-refractivity contribution in [2.45, 2.75) is 30.3 Å². The highest BCUT2D eigenvalue weighted by Crippen LogP contribution is 2.38. The van der Waals surface area contributed by atoms with Crippen LogP contribution < -0.4 is 0 Å². The molecule has 1 nitrogen and oxygen atoms in total. The van der Waals surface area contributed by atoms with Crippen LogP contribution in [-0.2, 0) is 10.8 Å². The maximum Gasteiger partial charge on any atom is 0.0536 e. The Kier molecular flexibility index (Phi) is 1.44. The van der Waals surface area contributed by atoms with Crippen LogP contribution in [0.3, 0.4) is 0 Å². The monoisotopic (exact) mass is 156 g/mol. The average Bonchev–Trinajstić information content (AvgIpc) is 2.46. The first-order chi connectivity index (χ1) is 4.83. The third kappa shape index (κ3) is 0.715. The Hall–Kier alpha value is -0.110. The van der Waals surface area contributed by atoms with Gasteiger partial charge in [0.1, 0.15) is 0 Å². The normalized spacial score (nSPS) is 50.5. The topological polar surface area (TPSA) is 17.1 Å². The number of hydrogen-bond donors (Lipinski definition) is 0. The van der Waals surface area contributed by atoms with Crippen molar-refractivity contribution < 1.29 is 4.21 Å². The molecule has 1 aliphatic heterocycles. The summed E-state index contributed by atoms with van der Waals surface area (Å²) in [5.74, 6) is 0.649. The third-order valence-electron chi connectivity index (χ3n) is 2.55. The van der Waals surface area contributed by atoms with Gasteiger partial charge in [-0.1, -0.05) is 19.1 Å². The molecular weight excluding hydrogens is 144 g/mol. The van der Waals surface area contributed by atoms with Gasteiger partial charge in [0.2, 0.25) is 0 Å². The van der Waals surface area contributed by atoms with Gasteiger partial charge in [-0.15, -0.1) is 0 Å². The summed E-state index contributed by atoms with van der Waals surface area (Å²) in [5, 5.41) is 0.893. The van der Waals surface area contributed by atoms with E-state index in [0.29, 0.717) is 16.4 Å². The first kappa shape index (κ1) is 6.59. The van der Waals surface area contributed by atoms with Crippen LogP contribution in [0, 0.1) is 5.92 Å². The second-order valence-corrected chi connectivity index (χ2v) is 4.97. The summed E-state index contributed by atoms with van der Waals surface area (Å²) in [6.45, 7) is 2.14. The average molecular weight is 156 g/mol. The summed E-state index contributed by atoms with van der Waals surface area (Å²) < 4.78 is 11.5. The maximum atomic E-state index is 11.5. The van der Waals surface area contributed by atoms with Gasteiger partial charge in [0.25, 0.3) is 0 Å². The minimum Gasteiger partial charge on any atom is -0.259 e. The standard InChI is InChI=1S/C8H12OS/c1-2-8-6-3-4-7(5-6)10(8)9/h3-4,6-8H,2,5H2,1H3/t6-,7+,8?,10?/m0/s1. The highest BCUT2D eigenvalue weighted by Gasteiger charge is 2.40. The lowest BCUT2D eigenvalue weighted by Gasteiger charge is -2.14. The molecule has 1 heterocycles. The van der Waals surface area contributed by atoms with Gasteiger partial charge in [-0.2, -0.15) is 0 Å². The Labute approximate surface area is 64.0 Å². The van der Waals surface area contributed by atoms with E-state index < -0.39 is 10.8 Å². The molecule has 56 valence electrons. The minimum absolute atomic E-state index is 0.412. The van der Waals surface area contributed by atoms with Gasteiger partial charge in [-0.25, -0.2) is 0 Å². The molecule has 1 saturated heterocycles. The van der Waals surface area contributed by atoms with Crippen molar-refractivity contribution in [1.29, 1.82) is 0 Å². The van der Waals surface area contributed by atoms with Gasteiger partial charge in [0.05, 0.1) is 5.25 Å². The van der Waals surface area contributed by atoms with Crippen LogP contribution in [0.4, 0.5) is 0 Å².